The second kappa shape index (κ2) is 5.52. The lowest BCUT2D eigenvalue weighted by Crippen LogP contribution is -2.32. The summed E-state index contributed by atoms with van der Waals surface area (Å²) in [5.41, 5.74) is 2.41. The normalized spacial score (nSPS) is 22.3. The van der Waals surface area contributed by atoms with Gasteiger partial charge in [0.25, 0.3) is 0 Å². The highest BCUT2D eigenvalue weighted by Crippen LogP contribution is 2.45. The molecular formula is C16H19NOS. The molecule has 3 rings (SSSR count). The van der Waals surface area contributed by atoms with Crippen LogP contribution in [0.3, 0.4) is 0 Å². The smallest absolute Gasteiger partial charge is 0.211 e. The summed E-state index contributed by atoms with van der Waals surface area (Å²) in [6.45, 7) is 0. The molecule has 0 spiro atoms. The third kappa shape index (κ3) is 2.50. The van der Waals surface area contributed by atoms with Gasteiger partial charge in [0.05, 0.1) is 5.54 Å². The van der Waals surface area contributed by atoms with Crippen molar-refractivity contribution in [3.63, 3.8) is 0 Å². The Hall–Kier alpha value is -1.05. The third-order valence-corrected chi connectivity index (χ3v) is 5.61. The summed E-state index contributed by atoms with van der Waals surface area (Å²) in [4.78, 5) is 14.8. The van der Waals surface area contributed by atoms with Gasteiger partial charge in [0.2, 0.25) is 6.08 Å². The quantitative estimate of drug-likeness (QED) is 0.615. The molecule has 0 atom stereocenters. The minimum absolute atomic E-state index is 0.249. The first kappa shape index (κ1) is 13.0. The van der Waals surface area contributed by atoms with Gasteiger partial charge in [-0.25, -0.2) is 4.79 Å². The summed E-state index contributed by atoms with van der Waals surface area (Å²) in [6, 6.07) is 8.79. The first-order chi connectivity index (χ1) is 9.34. The zero-order valence-corrected chi connectivity index (χ0v) is 11.9. The van der Waals surface area contributed by atoms with Crippen molar-refractivity contribution in [2.24, 2.45) is 4.99 Å². The fourth-order valence-corrected chi connectivity index (χ4v) is 4.28. The van der Waals surface area contributed by atoms with E-state index in [0.29, 0.717) is 5.92 Å². The number of nitrogens with zero attached hydrogens (tertiary/aromatic N) is 1. The fraction of sp³-hybridized carbons (Fsp3) is 0.562. The Morgan fingerprint density at radius 3 is 2.68 bits per heavy atom. The lowest BCUT2D eigenvalue weighted by Gasteiger charge is -2.37. The Balaban J connectivity index is 1.88. The Morgan fingerprint density at radius 2 is 2.05 bits per heavy atom. The van der Waals surface area contributed by atoms with Crippen molar-refractivity contribution >= 4 is 17.8 Å². The summed E-state index contributed by atoms with van der Waals surface area (Å²) in [5, 5.41) is 0. The SMILES string of the molecule is O=C=NC1(c2cccc(C3CCSCC3)c2)CCC1. The van der Waals surface area contributed by atoms with E-state index in [0.717, 1.165) is 19.3 Å². The van der Waals surface area contributed by atoms with Gasteiger partial charge in [-0.2, -0.15) is 16.8 Å². The average Bonchev–Trinajstić information content (AvgIpc) is 2.44. The molecule has 1 heterocycles. The Morgan fingerprint density at radius 1 is 1.26 bits per heavy atom. The number of hydrogen-bond donors (Lipinski definition) is 0. The topological polar surface area (TPSA) is 29.4 Å². The molecule has 2 aliphatic rings. The molecule has 0 radical (unpaired) electrons. The standard InChI is InChI=1S/C16H19NOS/c18-12-17-16(7-2-8-16)15-4-1-3-14(11-15)13-5-9-19-10-6-13/h1,3-4,11,13H,2,5-10H2. The molecule has 1 aromatic carbocycles. The van der Waals surface area contributed by atoms with Gasteiger partial charge in [-0.05, 0) is 60.7 Å². The van der Waals surface area contributed by atoms with Crippen molar-refractivity contribution in [1.82, 2.24) is 0 Å². The molecule has 2 fully saturated rings. The van der Waals surface area contributed by atoms with Crippen LogP contribution in [0.2, 0.25) is 0 Å². The summed E-state index contributed by atoms with van der Waals surface area (Å²) >= 11 is 2.06. The molecule has 1 saturated carbocycles. The average molecular weight is 273 g/mol. The minimum Gasteiger partial charge on any atom is -0.211 e. The van der Waals surface area contributed by atoms with E-state index in [1.807, 2.05) is 0 Å². The maximum atomic E-state index is 10.7. The molecule has 0 N–H and O–H groups in total. The Labute approximate surface area is 118 Å². The van der Waals surface area contributed by atoms with Crippen molar-refractivity contribution in [3.8, 4) is 0 Å². The number of isocyanates is 1. The van der Waals surface area contributed by atoms with Crippen LogP contribution in [0, 0.1) is 0 Å². The van der Waals surface area contributed by atoms with E-state index >= 15 is 0 Å². The highest BCUT2D eigenvalue weighted by Gasteiger charge is 2.39. The van der Waals surface area contributed by atoms with Gasteiger partial charge < -0.3 is 0 Å². The van der Waals surface area contributed by atoms with Crippen molar-refractivity contribution < 1.29 is 4.79 Å². The summed E-state index contributed by atoms with van der Waals surface area (Å²) in [6.07, 6.45) is 7.48. The van der Waals surface area contributed by atoms with Crippen molar-refractivity contribution in [1.29, 1.82) is 0 Å². The molecule has 3 heteroatoms. The van der Waals surface area contributed by atoms with E-state index in [4.69, 9.17) is 0 Å². The molecule has 1 saturated heterocycles. The molecule has 1 aliphatic heterocycles. The maximum Gasteiger partial charge on any atom is 0.235 e. The molecule has 1 aromatic rings. The van der Waals surface area contributed by atoms with Crippen LogP contribution in [0.5, 0.6) is 0 Å². The molecule has 0 unspecified atom stereocenters. The Bertz CT molecular complexity index is 497. The van der Waals surface area contributed by atoms with Gasteiger partial charge in [0, 0.05) is 0 Å². The van der Waals surface area contributed by atoms with Crippen LogP contribution in [0.15, 0.2) is 29.3 Å². The lowest BCUT2D eigenvalue weighted by molar-refractivity contribution is 0.255. The zero-order chi connectivity index (χ0) is 13.1. The predicted octanol–water partition coefficient (Wildman–Crippen LogP) is 4.01. The molecule has 1 aliphatic carbocycles. The van der Waals surface area contributed by atoms with Crippen LogP contribution in [0.4, 0.5) is 0 Å². The van der Waals surface area contributed by atoms with E-state index in [9.17, 15) is 4.79 Å². The summed E-state index contributed by atoms with van der Waals surface area (Å²) in [7, 11) is 0. The van der Waals surface area contributed by atoms with E-state index in [1.54, 1.807) is 6.08 Å². The summed E-state index contributed by atoms with van der Waals surface area (Å²) < 4.78 is 0. The number of rotatable bonds is 3. The number of thioether (sulfide) groups is 1. The molecule has 0 aromatic heterocycles. The molecule has 2 nitrogen and oxygen atoms in total. The largest absolute Gasteiger partial charge is 0.235 e. The minimum atomic E-state index is -0.249. The van der Waals surface area contributed by atoms with E-state index < -0.39 is 0 Å². The molecule has 19 heavy (non-hydrogen) atoms. The van der Waals surface area contributed by atoms with Gasteiger partial charge in [-0.1, -0.05) is 24.3 Å². The number of hydrogen-bond acceptors (Lipinski definition) is 3. The number of carbonyl (C=O) groups excluding carboxylic acids is 1. The van der Waals surface area contributed by atoms with Crippen LogP contribution in [-0.4, -0.2) is 17.6 Å². The third-order valence-electron chi connectivity index (χ3n) is 4.56. The first-order valence-corrected chi connectivity index (χ1v) is 8.27. The molecule has 100 valence electrons. The van der Waals surface area contributed by atoms with Crippen LogP contribution in [0.25, 0.3) is 0 Å². The van der Waals surface area contributed by atoms with Crippen molar-refractivity contribution in [2.45, 2.75) is 43.6 Å². The first-order valence-electron chi connectivity index (χ1n) is 7.11. The second-order valence-corrected chi connectivity index (χ2v) is 6.83. The molecule has 0 amide bonds. The highest BCUT2D eigenvalue weighted by molar-refractivity contribution is 7.99. The van der Waals surface area contributed by atoms with Gasteiger partial charge in [0.15, 0.2) is 0 Å². The van der Waals surface area contributed by atoms with E-state index in [-0.39, 0.29) is 5.54 Å². The van der Waals surface area contributed by atoms with Gasteiger partial charge in [-0.15, -0.1) is 0 Å². The monoisotopic (exact) mass is 273 g/mol. The van der Waals surface area contributed by atoms with E-state index in [2.05, 4.69) is 41.0 Å². The molecule has 0 bridgehead atoms. The van der Waals surface area contributed by atoms with Crippen LogP contribution >= 0.6 is 11.8 Å². The fourth-order valence-electron chi connectivity index (χ4n) is 3.18. The zero-order valence-electron chi connectivity index (χ0n) is 11.1. The maximum absolute atomic E-state index is 10.7. The van der Waals surface area contributed by atoms with Crippen LogP contribution < -0.4 is 0 Å². The van der Waals surface area contributed by atoms with Gasteiger partial charge in [0.1, 0.15) is 0 Å². The predicted molar refractivity (Wildman–Crippen MR) is 79.4 cm³/mol. The summed E-state index contributed by atoms with van der Waals surface area (Å²) in [5.74, 6) is 3.23. The Kier molecular flexibility index (Phi) is 3.76. The van der Waals surface area contributed by atoms with Gasteiger partial charge in [-0.3, -0.25) is 0 Å². The van der Waals surface area contributed by atoms with Crippen molar-refractivity contribution in [3.05, 3.63) is 35.4 Å². The second-order valence-electron chi connectivity index (χ2n) is 5.60. The molecular weight excluding hydrogens is 254 g/mol. The van der Waals surface area contributed by atoms with Crippen LogP contribution in [-0.2, 0) is 10.3 Å². The number of aliphatic imine (C=N–C) groups is 1. The highest BCUT2D eigenvalue weighted by atomic mass is 32.2. The van der Waals surface area contributed by atoms with Crippen LogP contribution in [0.1, 0.15) is 49.1 Å². The van der Waals surface area contributed by atoms with E-state index in [1.165, 1.54) is 35.5 Å². The lowest BCUT2D eigenvalue weighted by atomic mass is 9.71. The van der Waals surface area contributed by atoms with Gasteiger partial charge >= 0.3 is 0 Å². The number of benzene rings is 1. The van der Waals surface area contributed by atoms with Crippen molar-refractivity contribution in [2.75, 3.05) is 11.5 Å².